The minimum atomic E-state index is -4.22. The second kappa shape index (κ2) is 13.2. The number of carbonyl (C=O) groups excluding carboxylic acids is 2. The molecule has 3 aromatic carbocycles. The topological polar surface area (TPSA) is 96.0 Å². The lowest BCUT2D eigenvalue weighted by atomic mass is 10.1. The van der Waals surface area contributed by atoms with Crippen LogP contribution >= 0.6 is 23.2 Å². The average molecular weight is 593 g/mol. The van der Waals surface area contributed by atoms with Crippen LogP contribution in [0.15, 0.2) is 71.6 Å². The molecule has 11 heteroatoms. The first-order chi connectivity index (χ1) is 18.5. The number of nitrogens with zero attached hydrogens (tertiary/aromatic N) is 2. The largest absolute Gasteiger partial charge is 0.497 e. The second-order valence-corrected chi connectivity index (χ2v) is 11.6. The molecule has 0 saturated heterocycles. The predicted octanol–water partition coefficient (Wildman–Crippen LogP) is 5.06. The zero-order valence-corrected chi connectivity index (χ0v) is 24.5. The number of hydrogen-bond acceptors (Lipinski definition) is 5. The molecule has 2 amide bonds. The van der Waals surface area contributed by atoms with E-state index in [2.05, 4.69) is 5.32 Å². The number of sulfonamides is 1. The summed E-state index contributed by atoms with van der Waals surface area (Å²) in [4.78, 5) is 28.0. The van der Waals surface area contributed by atoms with Gasteiger partial charge in [0.15, 0.2) is 0 Å². The van der Waals surface area contributed by atoms with Gasteiger partial charge in [0.1, 0.15) is 18.3 Å². The van der Waals surface area contributed by atoms with Gasteiger partial charge in [0.25, 0.3) is 10.0 Å². The van der Waals surface area contributed by atoms with Gasteiger partial charge in [-0.2, -0.15) is 0 Å². The molecule has 0 saturated carbocycles. The molecule has 0 aliphatic carbocycles. The van der Waals surface area contributed by atoms with Crippen molar-refractivity contribution in [3.8, 4) is 5.75 Å². The van der Waals surface area contributed by atoms with Crippen LogP contribution < -0.4 is 14.4 Å². The molecule has 208 valence electrons. The molecule has 0 radical (unpaired) electrons. The van der Waals surface area contributed by atoms with Crippen molar-refractivity contribution < 1.29 is 22.7 Å². The molecule has 0 aliphatic rings. The lowest BCUT2D eigenvalue weighted by Crippen LogP contribution is -2.51. The molecule has 3 aromatic rings. The highest BCUT2D eigenvalue weighted by atomic mass is 35.5. The lowest BCUT2D eigenvalue weighted by molar-refractivity contribution is -0.139. The molecular weight excluding hydrogens is 561 g/mol. The van der Waals surface area contributed by atoms with Crippen LogP contribution in [0.4, 0.5) is 5.69 Å². The number of rotatable bonds is 11. The van der Waals surface area contributed by atoms with E-state index in [0.29, 0.717) is 12.3 Å². The Morgan fingerprint density at radius 2 is 1.56 bits per heavy atom. The lowest BCUT2D eigenvalue weighted by Gasteiger charge is -2.32. The maximum Gasteiger partial charge on any atom is 0.264 e. The number of halogens is 2. The van der Waals surface area contributed by atoms with Crippen LogP contribution in [0.5, 0.6) is 5.75 Å². The minimum absolute atomic E-state index is 0.00419. The summed E-state index contributed by atoms with van der Waals surface area (Å²) in [5.41, 5.74) is 1.74. The minimum Gasteiger partial charge on any atom is -0.497 e. The van der Waals surface area contributed by atoms with Gasteiger partial charge < -0.3 is 15.0 Å². The Morgan fingerprint density at radius 3 is 2.10 bits per heavy atom. The second-order valence-electron chi connectivity index (χ2n) is 8.89. The first-order valence-electron chi connectivity index (χ1n) is 12.2. The highest BCUT2D eigenvalue weighted by molar-refractivity contribution is 7.92. The predicted molar refractivity (Wildman–Crippen MR) is 154 cm³/mol. The van der Waals surface area contributed by atoms with Crippen molar-refractivity contribution in [2.45, 2.75) is 38.3 Å². The van der Waals surface area contributed by atoms with Gasteiger partial charge in [-0.05, 0) is 68.8 Å². The van der Waals surface area contributed by atoms with Gasteiger partial charge in [0.2, 0.25) is 11.8 Å². The molecule has 0 unspecified atom stereocenters. The molecule has 3 rings (SSSR count). The quantitative estimate of drug-likeness (QED) is 0.336. The first kappa shape index (κ1) is 30.3. The van der Waals surface area contributed by atoms with Crippen LogP contribution in [0.25, 0.3) is 0 Å². The van der Waals surface area contributed by atoms with E-state index in [4.69, 9.17) is 27.9 Å². The van der Waals surface area contributed by atoms with Crippen LogP contribution in [0.1, 0.15) is 25.0 Å². The molecule has 0 spiro atoms. The van der Waals surface area contributed by atoms with Crippen molar-refractivity contribution in [3.63, 3.8) is 0 Å². The normalized spacial score (nSPS) is 11.9. The summed E-state index contributed by atoms with van der Waals surface area (Å²) in [5.74, 6) is -0.309. The number of amides is 2. The van der Waals surface area contributed by atoms with Crippen molar-refractivity contribution in [1.82, 2.24) is 10.2 Å². The van der Waals surface area contributed by atoms with E-state index in [1.54, 1.807) is 57.4 Å². The summed E-state index contributed by atoms with van der Waals surface area (Å²) in [5, 5.41) is 3.14. The summed E-state index contributed by atoms with van der Waals surface area (Å²) >= 11 is 12.4. The van der Waals surface area contributed by atoms with Gasteiger partial charge >= 0.3 is 0 Å². The molecule has 0 heterocycles. The van der Waals surface area contributed by atoms with E-state index in [1.807, 2.05) is 6.92 Å². The van der Waals surface area contributed by atoms with E-state index in [-0.39, 0.29) is 33.1 Å². The summed E-state index contributed by atoms with van der Waals surface area (Å²) in [7, 11) is -2.67. The molecule has 8 nitrogen and oxygen atoms in total. The molecule has 39 heavy (non-hydrogen) atoms. The number of aryl methyl sites for hydroxylation is 1. The van der Waals surface area contributed by atoms with Gasteiger partial charge in [-0.25, -0.2) is 8.42 Å². The Balaban J connectivity index is 2.05. The van der Waals surface area contributed by atoms with Crippen molar-refractivity contribution in [3.05, 3.63) is 87.9 Å². The number of anilines is 1. The fourth-order valence-corrected chi connectivity index (χ4v) is 5.79. The Kier molecular flexibility index (Phi) is 10.2. The van der Waals surface area contributed by atoms with Crippen LogP contribution in [-0.4, -0.2) is 51.4 Å². The summed E-state index contributed by atoms with van der Waals surface area (Å²) in [6.45, 7) is 5.07. The summed E-state index contributed by atoms with van der Waals surface area (Å²) in [6.07, 6.45) is 0. The average Bonchev–Trinajstić information content (AvgIpc) is 2.89. The zero-order chi connectivity index (χ0) is 28.7. The third-order valence-electron chi connectivity index (χ3n) is 6.05. The van der Waals surface area contributed by atoms with Crippen LogP contribution in [0, 0.1) is 6.92 Å². The molecule has 0 bridgehead atoms. The SMILES string of the molecule is CCNC(=O)[C@H](C)N(Cc1ccc(OC)cc1)C(=O)CN(c1cc(Cl)cc(Cl)c1)S(=O)(=O)c1ccc(C)cc1. The smallest absolute Gasteiger partial charge is 0.264 e. The monoisotopic (exact) mass is 591 g/mol. The number of nitrogens with one attached hydrogen (secondary N) is 1. The zero-order valence-electron chi connectivity index (χ0n) is 22.1. The number of hydrogen-bond donors (Lipinski definition) is 1. The fraction of sp³-hybridized carbons (Fsp3) is 0.286. The Hall–Kier alpha value is -3.27. The summed E-state index contributed by atoms with van der Waals surface area (Å²) in [6, 6.07) is 16.8. The molecule has 0 fully saturated rings. The van der Waals surface area contributed by atoms with E-state index in [0.717, 1.165) is 15.4 Å². The van der Waals surface area contributed by atoms with E-state index in [1.165, 1.54) is 35.2 Å². The molecule has 1 atom stereocenters. The molecule has 0 aromatic heterocycles. The third-order valence-corrected chi connectivity index (χ3v) is 8.28. The van der Waals surface area contributed by atoms with Crippen molar-refractivity contribution in [1.29, 1.82) is 0 Å². The summed E-state index contributed by atoms with van der Waals surface area (Å²) < 4.78 is 33.8. The maximum atomic E-state index is 13.9. The molecule has 1 N–H and O–H groups in total. The fourth-order valence-electron chi connectivity index (χ4n) is 3.88. The van der Waals surface area contributed by atoms with Crippen molar-refractivity contribution >= 4 is 50.7 Å². The van der Waals surface area contributed by atoms with Gasteiger partial charge in [0, 0.05) is 23.1 Å². The van der Waals surface area contributed by atoms with Gasteiger partial charge in [-0.1, -0.05) is 53.0 Å². The van der Waals surface area contributed by atoms with Crippen LogP contribution in [-0.2, 0) is 26.2 Å². The number of benzene rings is 3. The highest BCUT2D eigenvalue weighted by Crippen LogP contribution is 2.30. The number of carbonyl (C=O) groups is 2. The molecular formula is C28H31Cl2N3O5S. The van der Waals surface area contributed by atoms with E-state index in [9.17, 15) is 18.0 Å². The molecule has 0 aliphatic heterocycles. The number of ether oxygens (including phenoxy) is 1. The van der Waals surface area contributed by atoms with Gasteiger partial charge in [-0.15, -0.1) is 0 Å². The Bertz CT molecular complexity index is 1390. The van der Waals surface area contributed by atoms with Crippen LogP contribution in [0.2, 0.25) is 10.0 Å². The number of methoxy groups -OCH3 is 1. The van der Waals surface area contributed by atoms with Gasteiger partial charge in [0.05, 0.1) is 17.7 Å². The van der Waals surface area contributed by atoms with Gasteiger partial charge in [-0.3, -0.25) is 13.9 Å². The Morgan fingerprint density at radius 1 is 0.974 bits per heavy atom. The first-order valence-corrected chi connectivity index (χ1v) is 14.4. The third kappa shape index (κ3) is 7.65. The highest BCUT2D eigenvalue weighted by Gasteiger charge is 2.32. The Labute approximate surface area is 239 Å². The van der Waals surface area contributed by atoms with Crippen molar-refractivity contribution in [2.24, 2.45) is 0 Å². The van der Waals surface area contributed by atoms with Crippen LogP contribution in [0.3, 0.4) is 0 Å². The number of likely N-dealkylation sites (N-methyl/N-ethyl adjacent to an activating group) is 1. The van der Waals surface area contributed by atoms with Crippen molar-refractivity contribution in [2.75, 3.05) is 24.5 Å². The van der Waals surface area contributed by atoms with E-state index < -0.39 is 28.5 Å². The standard InChI is InChI=1S/C28H31Cl2N3O5S/c1-5-31-28(35)20(3)32(17-21-8-10-25(38-4)11-9-21)27(34)18-33(24-15-22(29)14-23(30)16-24)39(36,37)26-12-6-19(2)7-13-26/h6-16,20H,5,17-18H2,1-4H3,(H,31,35)/t20-/m0/s1. The van der Waals surface area contributed by atoms with E-state index >= 15 is 0 Å². The maximum absolute atomic E-state index is 13.9.